The van der Waals surface area contributed by atoms with Gasteiger partial charge in [-0.2, -0.15) is 0 Å². The molecule has 17 heavy (non-hydrogen) atoms. The van der Waals surface area contributed by atoms with E-state index in [0.29, 0.717) is 12.6 Å². The van der Waals surface area contributed by atoms with Crippen LogP contribution in [0.15, 0.2) is 12.4 Å². The molecule has 0 aromatic carbocycles. The first-order valence-electron chi connectivity index (χ1n) is 6.25. The maximum atomic E-state index is 5.03. The number of likely N-dealkylation sites (N-methyl/N-ethyl adjacent to an activating group) is 1. The molecule has 0 bridgehead atoms. The average molecular weight is 238 g/mol. The van der Waals surface area contributed by atoms with Gasteiger partial charge in [0.25, 0.3) is 0 Å². The van der Waals surface area contributed by atoms with E-state index in [1.807, 2.05) is 6.20 Å². The highest BCUT2D eigenvalue weighted by Gasteiger charge is 2.20. The van der Waals surface area contributed by atoms with Crippen LogP contribution in [0, 0.1) is 0 Å². The first-order valence-corrected chi connectivity index (χ1v) is 6.25. The zero-order chi connectivity index (χ0) is 12.1. The summed E-state index contributed by atoms with van der Waals surface area (Å²) >= 11 is 0. The van der Waals surface area contributed by atoms with Gasteiger partial charge in [0.05, 0.1) is 6.61 Å². The number of aromatic nitrogens is 2. The molecule has 96 valence electrons. The van der Waals surface area contributed by atoms with E-state index in [1.165, 1.54) is 19.4 Å². The molecule has 2 rings (SSSR count). The van der Waals surface area contributed by atoms with Crippen LogP contribution in [0.1, 0.15) is 18.9 Å². The summed E-state index contributed by atoms with van der Waals surface area (Å²) in [6.45, 7) is 3.82. The summed E-state index contributed by atoms with van der Waals surface area (Å²) in [5.74, 6) is 0.961. The maximum Gasteiger partial charge on any atom is 0.203 e. The molecule has 0 radical (unpaired) electrons. The summed E-state index contributed by atoms with van der Waals surface area (Å²) in [7, 11) is 3.89. The van der Waals surface area contributed by atoms with Crippen LogP contribution < -0.4 is 5.32 Å². The number of nitrogens with one attached hydrogen (secondary N) is 1. The number of hydrogen-bond donors (Lipinski definition) is 1. The lowest BCUT2D eigenvalue weighted by Gasteiger charge is -2.31. The normalized spacial score (nSPS) is 21.6. The van der Waals surface area contributed by atoms with Crippen molar-refractivity contribution in [1.82, 2.24) is 14.5 Å². The molecule has 5 nitrogen and oxygen atoms in total. The van der Waals surface area contributed by atoms with Gasteiger partial charge in [-0.3, -0.25) is 0 Å². The van der Waals surface area contributed by atoms with Crippen LogP contribution in [-0.4, -0.2) is 54.8 Å². The standard InChI is InChI=1S/C12H22N4O/c1-15-7-3-4-11(10-15)16-8-5-13-12(16)14-6-9-17-2/h5,8,11H,3-4,6-7,9-10H2,1-2H3,(H,13,14). The predicted molar refractivity (Wildman–Crippen MR) is 68.4 cm³/mol. The predicted octanol–water partition coefficient (Wildman–Crippen LogP) is 1.21. The Bertz CT molecular complexity index is 339. The van der Waals surface area contributed by atoms with Crippen molar-refractivity contribution in [2.45, 2.75) is 18.9 Å². The molecule has 5 heteroatoms. The van der Waals surface area contributed by atoms with Gasteiger partial charge in [0.2, 0.25) is 5.95 Å². The quantitative estimate of drug-likeness (QED) is 0.783. The number of rotatable bonds is 5. The molecule has 1 atom stereocenters. The van der Waals surface area contributed by atoms with Gasteiger partial charge in [-0.25, -0.2) is 4.98 Å². The Morgan fingerprint density at radius 3 is 3.24 bits per heavy atom. The Morgan fingerprint density at radius 2 is 2.47 bits per heavy atom. The van der Waals surface area contributed by atoms with E-state index in [2.05, 4.69) is 33.0 Å². The van der Waals surface area contributed by atoms with Gasteiger partial charge in [-0.15, -0.1) is 0 Å². The average Bonchev–Trinajstić information content (AvgIpc) is 2.78. The van der Waals surface area contributed by atoms with Crippen molar-refractivity contribution < 1.29 is 4.74 Å². The van der Waals surface area contributed by atoms with E-state index in [9.17, 15) is 0 Å². The third kappa shape index (κ3) is 3.20. The number of likely N-dealkylation sites (tertiary alicyclic amines) is 1. The fourth-order valence-corrected chi connectivity index (χ4v) is 2.38. The summed E-state index contributed by atoms with van der Waals surface area (Å²) in [5, 5.41) is 3.31. The van der Waals surface area contributed by atoms with Crippen molar-refractivity contribution >= 4 is 5.95 Å². The highest BCUT2D eigenvalue weighted by atomic mass is 16.5. The minimum atomic E-state index is 0.543. The van der Waals surface area contributed by atoms with Gasteiger partial charge in [0, 0.05) is 38.6 Å². The molecule has 0 spiro atoms. The molecule has 1 aromatic heterocycles. The third-order valence-electron chi connectivity index (χ3n) is 3.25. The Kier molecular flexibility index (Phi) is 4.39. The molecule has 0 amide bonds. The van der Waals surface area contributed by atoms with Crippen LogP contribution in [0.5, 0.6) is 0 Å². The Balaban J connectivity index is 1.97. The summed E-state index contributed by atoms with van der Waals surface area (Å²) in [6.07, 6.45) is 6.43. The highest BCUT2D eigenvalue weighted by Crippen LogP contribution is 2.23. The molecule has 2 heterocycles. The lowest BCUT2D eigenvalue weighted by Crippen LogP contribution is -2.33. The Labute approximate surface area is 103 Å². The number of ether oxygens (including phenoxy) is 1. The Hall–Kier alpha value is -1.07. The van der Waals surface area contributed by atoms with Crippen LogP contribution >= 0.6 is 0 Å². The van der Waals surface area contributed by atoms with E-state index >= 15 is 0 Å². The van der Waals surface area contributed by atoms with Crippen molar-refractivity contribution in [2.24, 2.45) is 0 Å². The second-order valence-corrected chi connectivity index (χ2v) is 4.64. The SMILES string of the molecule is COCCNc1nccn1C1CCCN(C)C1. The fourth-order valence-electron chi connectivity index (χ4n) is 2.38. The molecule has 1 fully saturated rings. The van der Waals surface area contributed by atoms with Gasteiger partial charge < -0.3 is 19.5 Å². The van der Waals surface area contributed by atoms with E-state index in [4.69, 9.17) is 4.74 Å². The zero-order valence-corrected chi connectivity index (χ0v) is 10.7. The summed E-state index contributed by atoms with van der Waals surface area (Å²) in [5.41, 5.74) is 0. The molecule has 0 aliphatic carbocycles. The van der Waals surface area contributed by atoms with Crippen molar-refractivity contribution in [3.05, 3.63) is 12.4 Å². The van der Waals surface area contributed by atoms with E-state index < -0.39 is 0 Å². The lowest BCUT2D eigenvalue weighted by molar-refractivity contribution is 0.207. The molecule has 1 saturated heterocycles. The first-order chi connectivity index (χ1) is 8.31. The van der Waals surface area contributed by atoms with Crippen molar-refractivity contribution in [3.8, 4) is 0 Å². The van der Waals surface area contributed by atoms with Crippen LogP contribution in [0.2, 0.25) is 0 Å². The third-order valence-corrected chi connectivity index (χ3v) is 3.25. The second-order valence-electron chi connectivity index (χ2n) is 4.64. The van der Waals surface area contributed by atoms with Gasteiger partial charge in [0.1, 0.15) is 0 Å². The second kappa shape index (κ2) is 6.02. The molecular formula is C12H22N4O. The number of anilines is 1. The molecule has 1 aliphatic heterocycles. The van der Waals surface area contributed by atoms with Crippen LogP contribution in [-0.2, 0) is 4.74 Å². The molecule has 0 saturated carbocycles. The highest BCUT2D eigenvalue weighted by molar-refractivity contribution is 5.26. The largest absolute Gasteiger partial charge is 0.383 e. The van der Waals surface area contributed by atoms with Crippen LogP contribution in [0.4, 0.5) is 5.95 Å². The van der Waals surface area contributed by atoms with Crippen LogP contribution in [0.25, 0.3) is 0 Å². The number of hydrogen-bond acceptors (Lipinski definition) is 4. The number of imidazole rings is 1. The van der Waals surface area contributed by atoms with E-state index in [-0.39, 0.29) is 0 Å². The number of methoxy groups -OCH3 is 1. The van der Waals surface area contributed by atoms with E-state index in [0.717, 1.165) is 19.0 Å². The van der Waals surface area contributed by atoms with Crippen molar-refractivity contribution in [3.63, 3.8) is 0 Å². The van der Waals surface area contributed by atoms with Crippen molar-refractivity contribution in [1.29, 1.82) is 0 Å². The van der Waals surface area contributed by atoms with Gasteiger partial charge >= 0.3 is 0 Å². The molecule has 1 aromatic rings. The monoisotopic (exact) mass is 238 g/mol. The summed E-state index contributed by atoms with van der Waals surface area (Å²) < 4.78 is 7.29. The minimum Gasteiger partial charge on any atom is -0.383 e. The van der Waals surface area contributed by atoms with Gasteiger partial charge in [0.15, 0.2) is 0 Å². The zero-order valence-electron chi connectivity index (χ0n) is 10.7. The smallest absolute Gasteiger partial charge is 0.203 e. The maximum absolute atomic E-state index is 5.03. The number of nitrogens with zero attached hydrogens (tertiary/aromatic N) is 3. The van der Waals surface area contributed by atoms with Crippen molar-refractivity contribution in [2.75, 3.05) is 45.7 Å². The first kappa shape index (κ1) is 12.4. The van der Waals surface area contributed by atoms with Gasteiger partial charge in [-0.1, -0.05) is 0 Å². The topological polar surface area (TPSA) is 42.3 Å². The minimum absolute atomic E-state index is 0.543. The lowest BCUT2D eigenvalue weighted by atomic mass is 10.1. The number of piperidine rings is 1. The Morgan fingerprint density at radius 1 is 1.59 bits per heavy atom. The summed E-state index contributed by atoms with van der Waals surface area (Å²) in [4.78, 5) is 6.75. The molecular weight excluding hydrogens is 216 g/mol. The molecule has 1 aliphatic rings. The van der Waals surface area contributed by atoms with Gasteiger partial charge in [-0.05, 0) is 26.4 Å². The van der Waals surface area contributed by atoms with E-state index in [1.54, 1.807) is 7.11 Å². The van der Waals surface area contributed by atoms with Crippen LogP contribution in [0.3, 0.4) is 0 Å². The fraction of sp³-hybridized carbons (Fsp3) is 0.750. The summed E-state index contributed by atoms with van der Waals surface area (Å²) in [6, 6.07) is 0.543. The molecule has 1 N–H and O–H groups in total. The molecule has 1 unspecified atom stereocenters.